The highest BCUT2D eigenvalue weighted by Gasteiger charge is 2.43. The van der Waals surface area contributed by atoms with Crippen LogP contribution in [-0.4, -0.2) is 61.5 Å². The molecule has 0 bridgehead atoms. The third-order valence-electron chi connectivity index (χ3n) is 7.12. The quantitative estimate of drug-likeness (QED) is 0.478. The van der Waals surface area contributed by atoms with Crippen LogP contribution in [0.3, 0.4) is 0 Å². The molecule has 2 fully saturated rings. The number of nitrogens with zero attached hydrogens (tertiary/aromatic N) is 1. The lowest BCUT2D eigenvalue weighted by Gasteiger charge is -2.30. The molecule has 36 heavy (non-hydrogen) atoms. The first-order chi connectivity index (χ1) is 16.8. The molecule has 9 nitrogen and oxygen atoms in total. The maximum atomic E-state index is 13.1. The van der Waals surface area contributed by atoms with Crippen molar-refractivity contribution in [3.05, 3.63) is 29.3 Å². The van der Waals surface area contributed by atoms with E-state index in [0.29, 0.717) is 5.56 Å². The van der Waals surface area contributed by atoms with Crippen molar-refractivity contribution < 1.29 is 37.2 Å². The van der Waals surface area contributed by atoms with E-state index in [1.807, 2.05) is 0 Å². The maximum Gasteiger partial charge on any atom is 0.242 e. The van der Waals surface area contributed by atoms with E-state index in [0.717, 1.165) is 4.31 Å². The van der Waals surface area contributed by atoms with E-state index in [4.69, 9.17) is 0 Å². The van der Waals surface area contributed by atoms with Gasteiger partial charge in [-0.15, -0.1) is 0 Å². The molecule has 0 spiro atoms. The molecule has 3 rings (SSSR count). The molecule has 2 aliphatic rings. The highest BCUT2D eigenvalue weighted by atomic mass is 32.2. The Morgan fingerprint density at radius 2 is 1.19 bits per heavy atom. The molecule has 1 aromatic carbocycles. The number of carbonyl (C=O) groups is 6. The summed E-state index contributed by atoms with van der Waals surface area (Å²) in [5.74, 6) is -6.73. The summed E-state index contributed by atoms with van der Waals surface area (Å²) in [5.41, 5.74) is 0.774. The minimum atomic E-state index is -3.95. The summed E-state index contributed by atoms with van der Waals surface area (Å²) in [7, 11) is -1.22. The van der Waals surface area contributed by atoms with E-state index >= 15 is 0 Å². The van der Waals surface area contributed by atoms with Crippen molar-refractivity contribution in [3.8, 4) is 0 Å². The van der Waals surface area contributed by atoms with Crippen molar-refractivity contribution in [2.24, 2.45) is 11.8 Å². The van der Waals surface area contributed by atoms with E-state index in [2.05, 4.69) is 0 Å². The van der Waals surface area contributed by atoms with Gasteiger partial charge in [0.05, 0.1) is 4.90 Å². The van der Waals surface area contributed by atoms with Crippen molar-refractivity contribution in [2.45, 2.75) is 69.1 Å². The van der Waals surface area contributed by atoms with Crippen LogP contribution in [-0.2, 0) is 38.8 Å². The molecule has 0 aromatic heterocycles. The Bertz CT molecular complexity index is 1210. The van der Waals surface area contributed by atoms with Gasteiger partial charge in [0.15, 0.2) is 34.7 Å². The third kappa shape index (κ3) is 5.15. The monoisotopic (exact) mass is 517 g/mol. The minimum absolute atomic E-state index is 0.0447. The van der Waals surface area contributed by atoms with Gasteiger partial charge in [-0.2, -0.15) is 0 Å². The van der Waals surface area contributed by atoms with Crippen LogP contribution in [0.1, 0.15) is 75.3 Å². The number of rotatable bonds is 8. The van der Waals surface area contributed by atoms with Gasteiger partial charge in [-0.05, 0) is 29.0 Å². The lowest BCUT2D eigenvalue weighted by atomic mass is 9.72. The Kier molecular flexibility index (Phi) is 8.20. The molecule has 10 heteroatoms. The van der Waals surface area contributed by atoms with Crippen LogP contribution < -0.4 is 0 Å². The fourth-order valence-corrected chi connectivity index (χ4v) is 6.26. The topological polar surface area (TPSA) is 140 Å². The predicted molar refractivity (Wildman–Crippen MR) is 129 cm³/mol. The minimum Gasteiger partial charge on any atom is -0.298 e. The van der Waals surface area contributed by atoms with E-state index < -0.39 is 68.4 Å². The van der Waals surface area contributed by atoms with Crippen LogP contribution in [0.2, 0.25) is 0 Å². The Morgan fingerprint density at radius 3 is 1.58 bits per heavy atom. The summed E-state index contributed by atoms with van der Waals surface area (Å²) in [6, 6.07) is 4.45. The SMILES string of the molecule is CCC(=O)C1C(=O)CC(c2ccc(S(=O)(=O)N(C)C)c(C3CC(=O)C(C(=O)CC)C(=O)C3)c2)CC1=O. The Balaban J connectivity index is 2.04. The molecule has 194 valence electrons. The van der Waals surface area contributed by atoms with Crippen molar-refractivity contribution in [3.63, 3.8) is 0 Å². The molecule has 0 heterocycles. The van der Waals surface area contributed by atoms with Gasteiger partial charge in [-0.25, -0.2) is 12.7 Å². The van der Waals surface area contributed by atoms with Crippen molar-refractivity contribution >= 4 is 44.7 Å². The molecule has 0 saturated heterocycles. The van der Waals surface area contributed by atoms with E-state index in [-0.39, 0.29) is 49.0 Å². The standard InChI is InChI=1S/C26H31NO8S/c1-5-18(28)25-20(30)10-15(11-21(25)31)14-7-8-24(36(34,35)27(3)4)17(9-14)16-12-22(32)26(19(29)6-2)23(33)13-16/h7-9,15-16,25-26H,5-6,10-13H2,1-4H3. The molecule has 1 aromatic rings. The third-order valence-corrected chi connectivity index (χ3v) is 9.01. The van der Waals surface area contributed by atoms with Crippen molar-refractivity contribution in [1.29, 1.82) is 0 Å². The molecular weight excluding hydrogens is 486 g/mol. The zero-order chi connectivity index (χ0) is 26.9. The van der Waals surface area contributed by atoms with E-state index in [9.17, 15) is 37.2 Å². The Hall–Kier alpha value is -2.85. The Labute approximate surface area is 210 Å². The first kappa shape index (κ1) is 27.7. The van der Waals surface area contributed by atoms with E-state index in [1.54, 1.807) is 19.9 Å². The largest absolute Gasteiger partial charge is 0.298 e. The average molecular weight is 518 g/mol. The zero-order valence-electron chi connectivity index (χ0n) is 20.9. The average Bonchev–Trinajstić information content (AvgIpc) is 2.82. The summed E-state index contributed by atoms with van der Waals surface area (Å²) in [6.07, 6.45) is -0.296. The fourth-order valence-electron chi connectivity index (χ4n) is 5.10. The van der Waals surface area contributed by atoms with Gasteiger partial charge in [0.1, 0.15) is 11.8 Å². The van der Waals surface area contributed by atoms with Gasteiger partial charge in [-0.1, -0.05) is 26.0 Å². The number of benzene rings is 1. The number of hydrogen-bond acceptors (Lipinski definition) is 8. The van der Waals surface area contributed by atoms with Gasteiger partial charge in [0.2, 0.25) is 10.0 Å². The molecule has 0 aliphatic heterocycles. The molecule has 2 saturated carbocycles. The van der Waals surface area contributed by atoms with Crippen molar-refractivity contribution in [2.75, 3.05) is 14.1 Å². The number of Topliss-reactive ketones (excluding diaryl/α,β-unsaturated/α-hetero) is 6. The first-order valence-electron chi connectivity index (χ1n) is 12.1. The highest BCUT2D eigenvalue weighted by molar-refractivity contribution is 7.89. The van der Waals surface area contributed by atoms with Gasteiger partial charge in [0, 0.05) is 52.6 Å². The van der Waals surface area contributed by atoms with E-state index in [1.165, 1.54) is 26.2 Å². The van der Waals surface area contributed by atoms with Gasteiger partial charge >= 0.3 is 0 Å². The van der Waals surface area contributed by atoms with Crippen LogP contribution in [0.15, 0.2) is 23.1 Å². The molecule has 0 amide bonds. The predicted octanol–water partition coefficient (Wildman–Crippen LogP) is 2.16. The Morgan fingerprint density at radius 1 is 0.778 bits per heavy atom. The summed E-state index contributed by atoms with van der Waals surface area (Å²) in [6.45, 7) is 3.17. The first-order valence-corrected chi connectivity index (χ1v) is 13.5. The second-order valence-electron chi connectivity index (χ2n) is 9.67. The number of carbonyl (C=O) groups excluding carboxylic acids is 6. The number of sulfonamides is 1. The molecule has 0 atom stereocenters. The van der Waals surface area contributed by atoms with Crippen LogP contribution in [0.4, 0.5) is 0 Å². The second-order valence-corrected chi connectivity index (χ2v) is 11.8. The van der Waals surface area contributed by atoms with Gasteiger partial charge in [0.25, 0.3) is 0 Å². The van der Waals surface area contributed by atoms with Gasteiger partial charge < -0.3 is 0 Å². The van der Waals surface area contributed by atoms with Crippen LogP contribution in [0.5, 0.6) is 0 Å². The number of ketones is 6. The molecule has 0 unspecified atom stereocenters. The van der Waals surface area contributed by atoms with Crippen LogP contribution in [0, 0.1) is 11.8 Å². The summed E-state index contributed by atoms with van der Waals surface area (Å²) in [4.78, 5) is 74.9. The van der Waals surface area contributed by atoms with Crippen LogP contribution >= 0.6 is 0 Å². The fraction of sp³-hybridized carbons (Fsp3) is 0.538. The van der Waals surface area contributed by atoms with Gasteiger partial charge in [-0.3, -0.25) is 28.8 Å². The highest BCUT2D eigenvalue weighted by Crippen LogP contribution is 2.40. The normalized spacial score (nSPS) is 25.4. The lowest BCUT2D eigenvalue weighted by molar-refractivity contribution is -0.144. The van der Waals surface area contributed by atoms with Crippen LogP contribution in [0.25, 0.3) is 0 Å². The summed E-state index contributed by atoms with van der Waals surface area (Å²) < 4.78 is 27.2. The summed E-state index contributed by atoms with van der Waals surface area (Å²) >= 11 is 0. The second kappa shape index (κ2) is 10.6. The van der Waals surface area contributed by atoms with Crippen molar-refractivity contribution in [1.82, 2.24) is 4.31 Å². The molecule has 2 aliphatic carbocycles. The molecule has 0 radical (unpaired) electrons. The summed E-state index contributed by atoms with van der Waals surface area (Å²) in [5, 5.41) is 0. The molecular formula is C26H31NO8S. The smallest absolute Gasteiger partial charge is 0.242 e. The zero-order valence-corrected chi connectivity index (χ0v) is 21.7. The number of hydrogen-bond donors (Lipinski definition) is 0. The maximum absolute atomic E-state index is 13.1. The molecule has 0 N–H and O–H groups in total. The lowest BCUT2D eigenvalue weighted by Crippen LogP contribution is -2.38.